The van der Waals surface area contributed by atoms with Crippen molar-refractivity contribution in [2.75, 3.05) is 0 Å². The Labute approximate surface area is 154 Å². The fourth-order valence-electron chi connectivity index (χ4n) is 3.25. The summed E-state index contributed by atoms with van der Waals surface area (Å²) in [6, 6.07) is 3.21. The fourth-order valence-corrected chi connectivity index (χ4v) is 3.25. The van der Waals surface area contributed by atoms with E-state index in [1.165, 1.54) is 6.07 Å². The lowest BCUT2D eigenvalue weighted by molar-refractivity contribution is -0.136. The minimum atomic E-state index is -4.32. The van der Waals surface area contributed by atoms with Gasteiger partial charge in [-0.15, -0.1) is 0 Å². The number of hydrogen-bond acceptors (Lipinski definition) is 0. The van der Waals surface area contributed by atoms with E-state index in [0.717, 1.165) is 30.4 Å². The Morgan fingerprint density at radius 2 is 1.40 bits per heavy atom. The van der Waals surface area contributed by atoms with Crippen LogP contribution in [-0.4, -0.2) is 23.5 Å². The van der Waals surface area contributed by atoms with Crippen molar-refractivity contribution in [1.82, 2.24) is 0 Å². The topological polar surface area (TPSA) is 0 Å². The zero-order valence-corrected chi connectivity index (χ0v) is 17.4. The standard InChI is InChI=1S/C19H32B3F3/c1-7-8-9-17(5,6)12-10-14(19(23,24)25)15(20)11-13(12)18(21,22)16(2,3)4/h10-11H,7-9,20-22H2,1-6H3. The molecule has 0 unspecified atom stereocenters. The summed E-state index contributed by atoms with van der Waals surface area (Å²) in [6.45, 7) is 12.7. The molecule has 1 aromatic carbocycles. The van der Waals surface area contributed by atoms with Crippen LogP contribution < -0.4 is 5.46 Å². The van der Waals surface area contributed by atoms with Gasteiger partial charge < -0.3 is 0 Å². The lowest BCUT2D eigenvalue weighted by atomic mass is 9.39. The minimum Gasteiger partial charge on any atom is -0.166 e. The highest BCUT2D eigenvalue weighted by atomic mass is 19.4. The first-order chi connectivity index (χ1) is 11.1. The highest BCUT2D eigenvalue weighted by molar-refractivity contribution is 6.41. The average molecular weight is 350 g/mol. The molecule has 0 nitrogen and oxygen atoms in total. The Hall–Kier alpha value is -0.795. The van der Waals surface area contributed by atoms with E-state index in [1.807, 2.05) is 0 Å². The van der Waals surface area contributed by atoms with E-state index in [2.05, 4.69) is 57.2 Å². The van der Waals surface area contributed by atoms with Crippen molar-refractivity contribution in [3.05, 3.63) is 28.8 Å². The lowest BCUT2D eigenvalue weighted by Gasteiger charge is -2.44. The molecular formula is C19H32B3F3. The minimum absolute atomic E-state index is 0.0607. The molecule has 6 heteroatoms. The number of unbranched alkanes of at least 4 members (excludes halogenated alkanes) is 1. The maximum absolute atomic E-state index is 13.5. The van der Waals surface area contributed by atoms with Gasteiger partial charge in [-0.25, -0.2) is 0 Å². The van der Waals surface area contributed by atoms with E-state index >= 15 is 0 Å². The normalized spacial score (nSPS) is 14.0. The van der Waals surface area contributed by atoms with E-state index in [4.69, 9.17) is 0 Å². The van der Waals surface area contributed by atoms with Gasteiger partial charge in [0.15, 0.2) is 0 Å². The fraction of sp³-hybridized carbons (Fsp3) is 0.684. The van der Waals surface area contributed by atoms with Crippen molar-refractivity contribution in [2.45, 2.75) is 77.6 Å². The van der Waals surface area contributed by atoms with Gasteiger partial charge >= 0.3 is 6.18 Å². The second kappa shape index (κ2) is 7.08. The van der Waals surface area contributed by atoms with Crippen molar-refractivity contribution in [3.63, 3.8) is 0 Å². The van der Waals surface area contributed by atoms with Gasteiger partial charge in [-0.1, -0.05) is 76.7 Å². The predicted octanol–water partition coefficient (Wildman–Crippen LogP) is 2.90. The maximum atomic E-state index is 13.5. The van der Waals surface area contributed by atoms with Gasteiger partial charge in [0.25, 0.3) is 0 Å². The molecule has 0 aliphatic carbocycles. The Kier molecular flexibility index (Phi) is 6.30. The van der Waals surface area contributed by atoms with Crippen molar-refractivity contribution >= 4 is 29.0 Å². The van der Waals surface area contributed by atoms with Gasteiger partial charge in [0.1, 0.15) is 23.5 Å². The Morgan fingerprint density at radius 1 is 0.880 bits per heavy atom. The van der Waals surface area contributed by atoms with Gasteiger partial charge in [0, 0.05) is 5.56 Å². The van der Waals surface area contributed by atoms with E-state index < -0.39 is 11.7 Å². The first-order valence-electron chi connectivity index (χ1n) is 9.28. The van der Waals surface area contributed by atoms with E-state index in [9.17, 15) is 13.2 Å². The number of alkyl halides is 3. The second-order valence-corrected chi connectivity index (χ2v) is 9.57. The zero-order valence-electron chi connectivity index (χ0n) is 17.4. The van der Waals surface area contributed by atoms with Crippen LogP contribution in [0.2, 0.25) is 0 Å². The SMILES string of the molecule is Bc1cc(C(B)(B)C(C)(C)C)c(C(C)(C)CCCC)cc1C(F)(F)F. The number of rotatable bonds is 5. The van der Waals surface area contributed by atoms with Crippen LogP contribution in [0, 0.1) is 5.41 Å². The number of benzene rings is 1. The third kappa shape index (κ3) is 4.68. The molecule has 0 aliphatic rings. The first kappa shape index (κ1) is 22.2. The average Bonchev–Trinajstić information content (AvgIpc) is 2.42. The summed E-state index contributed by atoms with van der Waals surface area (Å²) in [5.74, 6) is 0. The quantitative estimate of drug-likeness (QED) is 0.717. The van der Waals surface area contributed by atoms with Crippen LogP contribution in [0.25, 0.3) is 0 Å². The maximum Gasteiger partial charge on any atom is 0.415 e. The summed E-state index contributed by atoms with van der Waals surface area (Å²) in [5.41, 5.74) is 1.36. The van der Waals surface area contributed by atoms with Crippen molar-refractivity contribution in [1.29, 1.82) is 0 Å². The second-order valence-electron chi connectivity index (χ2n) is 9.57. The molecule has 0 fully saturated rings. The summed E-state index contributed by atoms with van der Waals surface area (Å²) >= 11 is 0. The van der Waals surface area contributed by atoms with Crippen LogP contribution in [0.15, 0.2) is 12.1 Å². The molecule has 0 N–H and O–H groups in total. The monoisotopic (exact) mass is 350 g/mol. The summed E-state index contributed by atoms with van der Waals surface area (Å²) in [4.78, 5) is 0. The summed E-state index contributed by atoms with van der Waals surface area (Å²) in [6.07, 6.45) is -1.38. The van der Waals surface area contributed by atoms with E-state index in [1.54, 1.807) is 13.9 Å². The molecule has 25 heavy (non-hydrogen) atoms. The molecule has 0 spiro atoms. The lowest BCUT2D eigenvalue weighted by Crippen LogP contribution is -2.44. The molecular weight excluding hydrogens is 318 g/mol. The van der Waals surface area contributed by atoms with Crippen molar-refractivity contribution < 1.29 is 13.2 Å². The molecule has 0 aromatic heterocycles. The van der Waals surface area contributed by atoms with Crippen LogP contribution >= 0.6 is 0 Å². The van der Waals surface area contributed by atoms with Crippen LogP contribution in [0.5, 0.6) is 0 Å². The Balaban J connectivity index is 3.75. The van der Waals surface area contributed by atoms with Gasteiger partial charge in [-0.2, -0.15) is 13.2 Å². The molecule has 0 saturated carbocycles. The molecule has 138 valence electrons. The molecule has 0 radical (unpaired) electrons. The van der Waals surface area contributed by atoms with Gasteiger partial charge in [0.2, 0.25) is 0 Å². The molecule has 0 aliphatic heterocycles. The molecule has 1 aromatic rings. The van der Waals surface area contributed by atoms with Crippen molar-refractivity contribution in [3.8, 4) is 0 Å². The largest absolute Gasteiger partial charge is 0.415 e. The summed E-state index contributed by atoms with van der Waals surface area (Å²) in [7, 11) is 5.87. The summed E-state index contributed by atoms with van der Waals surface area (Å²) in [5, 5.41) is -0.235. The third-order valence-electron chi connectivity index (χ3n) is 6.10. The highest BCUT2D eigenvalue weighted by Gasteiger charge is 2.41. The Bertz CT molecular complexity index is 612. The first-order valence-corrected chi connectivity index (χ1v) is 9.28. The third-order valence-corrected chi connectivity index (χ3v) is 6.10. The number of hydrogen-bond donors (Lipinski definition) is 0. The van der Waals surface area contributed by atoms with Gasteiger partial charge in [-0.3, -0.25) is 0 Å². The zero-order chi connectivity index (χ0) is 19.8. The molecule has 0 bridgehead atoms. The molecule has 0 heterocycles. The molecule has 0 saturated heterocycles. The summed E-state index contributed by atoms with van der Waals surface area (Å²) < 4.78 is 40.6. The predicted molar refractivity (Wildman–Crippen MR) is 110 cm³/mol. The van der Waals surface area contributed by atoms with E-state index in [0.29, 0.717) is 5.46 Å². The smallest absolute Gasteiger partial charge is 0.166 e. The van der Waals surface area contributed by atoms with Crippen LogP contribution in [0.1, 0.15) is 77.5 Å². The van der Waals surface area contributed by atoms with Crippen molar-refractivity contribution in [2.24, 2.45) is 5.41 Å². The van der Waals surface area contributed by atoms with Crippen LogP contribution in [-0.2, 0) is 16.8 Å². The molecule has 0 amide bonds. The van der Waals surface area contributed by atoms with Gasteiger partial charge in [0.05, 0.1) is 0 Å². The molecule has 1 rings (SSSR count). The highest BCUT2D eigenvalue weighted by Crippen LogP contribution is 2.43. The van der Waals surface area contributed by atoms with Gasteiger partial charge in [-0.05, 0) is 28.9 Å². The number of halogens is 3. The Morgan fingerprint density at radius 3 is 1.80 bits per heavy atom. The van der Waals surface area contributed by atoms with E-state index in [-0.39, 0.29) is 16.0 Å². The molecule has 0 atom stereocenters. The van der Waals surface area contributed by atoms with Crippen LogP contribution in [0.3, 0.4) is 0 Å². The van der Waals surface area contributed by atoms with Crippen LogP contribution in [0.4, 0.5) is 13.2 Å².